The molecule has 2 rings (SSSR count). The van der Waals surface area contributed by atoms with E-state index in [1.54, 1.807) is 29.5 Å². The Morgan fingerprint density at radius 1 is 1.17 bits per heavy atom. The molecule has 1 fully saturated rings. The standard InChI is InChI=1S/C19H26N2O3/c1-14(22)16(13-15-9-6-7-12-20-15)17(23)24-21-18(2,3)10-8-11-19(21,4)5/h6-7,9,12-13H,8,10-11H2,1-5H3/b16-13+. The predicted octanol–water partition coefficient (Wildman–Crippen LogP) is 3.56. The van der Waals surface area contributed by atoms with E-state index in [0.717, 1.165) is 19.3 Å². The van der Waals surface area contributed by atoms with Crippen molar-refractivity contribution in [3.63, 3.8) is 0 Å². The third-order valence-electron chi connectivity index (χ3n) is 4.43. The molecule has 1 aromatic rings. The van der Waals surface area contributed by atoms with E-state index < -0.39 is 5.97 Å². The van der Waals surface area contributed by atoms with Crippen molar-refractivity contribution in [1.29, 1.82) is 0 Å². The Balaban J connectivity index is 2.28. The average molecular weight is 330 g/mol. The van der Waals surface area contributed by atoms with Gasteiger partial charge in [0.15, 0.2) is 5.78 Å². The first kappa shape index (κ1) is 18.3. The Labute approximate surface area is 143 Å². The van der Waals surface area contributed by atoms with Crippen LogP contribution in [0.15, 0.2) is 30.0 Å². The van der Waals surface area contributed by atoms with Gasteiger partial charge in [-0.3, -0.25) is 9.78 Å². The van der Waals surface area contributed by atoms with Gasteiger partial charge < -0.3 is 4.84 Å². The summed E-state index contributed by atoms with van der Waals surface area (Å²) in [5.41, 5.74) is 0.0110. The quantitative estimate of drug-likeness (QED) is 0.480. The number of nitrogens with zero attached hydrogens (tertiary/aromatic N) is 2. The number of aromatic nitrogens is 1. The third-order valence-corrected chi connectivity index (χ3v) is 4.43. The summed E-state index contributed by atoms with van der Waals surface area (Å²) in [5.74, 6) is -0.963. The number of rotatable bonds is 4. The Morgan fingerprint density at radius 2 is 1.79 bits per heavy atom. The van der Waals surface area contributed by atoms with Crippen molar-refractivity contribution < 1.29 is 14.4 Å². The van der Waals surface area contributed by atoms with Crippen LogP contribution in [-0.4, -0.2) is 32.9 Å². The van der Waals surface area contributed by atoms with Gasteiger partial charge in [-0.1, -0.05) is 6.07 Å². The van der Waals surface area contributed by atoms with Crippen LogP contribution in [0.3, 0.4) is 0 Å². The van der Waals surface area contributed by atoms with Gasteiger partial charge in [0.2, 0.25) is 0 Å². The van der Waals surface area contributed by atoms with Gasteiger partial charge >= 0.3 is 5.97 Å². The highest BCUT2D eigenvalue weighted by molar-refractivity contribution is 6.19. The van der Waals surface area contributed by atoms with Gasteiger partial charge in [0.25, 0.3) is 0 Å². The zero-order chi connectivity index (χ0) is 18.0. The molecule has 5 heteroatoms. The Bertz CT molecular complexity index is 632. The van der Waals surface area contributed by atoms with Gasteiger partial charge in [-0.05, 0) is 72.1 Å². The molecule has 0 amide bonds. The first-order valence-corrected chi connectivity index (χ1v) is 8.30. The zero-order valence-electron chi connectivity index (χ0n) is 15.1. The molecule has 24 heavy (non-hydrogen) atoms. The predicted molar refractivity (Wildman–Crippen MR) is 92.8 cm³/mol. The lowest BCUT2D eigenvalue weighted by atomic mass is 9.82. The first-order chi connectivity index (χ1) is 11.1. The maximum atomic E-state index is 12.7. The van der Waals surface area contributed by atoms with Crippen LogP contribution in [-0.2, 0) is 14.4 Å². The molecule has 130 valence electrons. The molecule has 1 saturated heterocycles. The van der Waals surface area contributed by atoms with Gasteiger partial charge in [-0.25, -0.2) is 4.79 Å². The van der Waals surface area contributed by atoms with E-state index in [4.69, 9.17) is 4.84 Å². The van der Waals surface area contributed by atoms with Crippen LogP contribution in [0, 0.1) is 0 Å². The van der Waals surface area contributed by atoms with Gasteiger partial charge in [-0.2, -0.15) is 0 Å². The highest BCUT2D eigenvalue weighted by Crippen LogP contribution is 2.38. The van der Waals surface area contributed by atoms with Gasteiger partial charge in [0, 0.05) is 6.20 Å². The molecule has 0 bridgehead atoms. The minimum absolute atomic E-state index is 0.00544. The lowest BCUT2D eigenvalue weighted by Crippen LogP contribution is -2.59. The molecule has 2 heterocycles. The van der Waals surface area contributed by atoms with Crippen LogP contribution in [0.1, 0.15) is 59.6 Å². The van der Waals surface area contributed by atoms with Crippen molar-refractivity contribution in [2.45, 2.75) is 65.0 Å². The molecule has 1 aliphatic heterocycles. The second kappa shape index (κ2) is 6.85. The van der Waals surface area contributed by atoms with Crippen molar-refractivity contribution >= 4 is 17.8 Å². The van der Waals surface area contributed by atoms with Crippen molar-refractivity contribution in [2.24, 2.45) is 0 Å². The summed E-state index contributed by atoms with van der Waals surface area (Å²) in [6.07, 6.45) is 6.05. The summed E-state index contributed by atoms with van der Waals surface area (Å²) in [6, 6.07) is 5.33. The van der Waals surface area contributed by atoms with Crippen LogP contribution in [0.5, 0.6) is 0 Å². The molecular weight excluding hydrogens is 304 g/mol. The smallest absolute Gasteiger partial charge is 0.360 e. The topological polar surface area (TPSA) is 59.5 Å². The van der Waals surface area contributed by atoms with Crippen LogP contribution in [0.4, 0.5) is 0 Å². The molecular formula is C19H26N2O3. The molecule has 1 aromatic heterocycles. The molecule has 0 spiro atoms. The van der Waals surface area contributed by atoms with E-state index in [9.17, 15) is 9.59 Å². The van der Waals surface area contributed by atoms with E-state index in [-0.39, 0.29) is 22.4 Å². The fourth-order valence-electron chi connectivity index (χ4n) is 3.27. The molecule has 0 atom stereocenters. The van der Waals surface area contributed by atoms with Crippen molar-refractivity contribution in [2.75, 3.05) is 0 Å². The zero-order valence-corrected chi connectivity index (χ0v) is 15.1. The number of carbonyl (C=O) groups excluding carboxylic acids is 2. The molecule has 1 aliphatic rings. The number of hydrogen-bond acceptors (Lipinski definition) is 5. The summed E-state index contributed by atoms with van der Waals surface area (Å²) in [5, 5.41) is 1.75. The highest BCUT2D eigenvalue weighted by atomic mass is 16.7. The average Bonchev–Trinajstić information content (AvgIpc) is 2.49. The maximum absolute atomic E-state index is 12.7. The summed E-state index contributed by atoms with van der Waals surface area (Å²) >= 11 is 0. The van der Waals surface area contributed by atoms with Crippen LogP contribution >= 0.6 is 0 Å². The minimum atomic E-state index is -0.629. The molecule has 0 aromatic carbocycles. The van der Waals surface area contributed by atoms with Crippen LogP contribution < -0.4 is 0 Å². The maximum Gasteiger partial charge on any atom is 0.360 e. The fourth-order valence-corrected chi connectivity index (χ4v) is 3.27. The fraction of sp³-hybridized carbons (Fsp3) is 0.526. The minimum Gasteiger partial charge on any atom is -0.363 e. The van der Waals surface area contributed by atoms with E-state index in [1.165, 1.54) is 13.0 Å². The number of Topliss-reactive ketones (excluding diaryl/α,β-unsaturated/α-hetero) is 1. The Hall–Kier alpha value is -2.01. The largest absolute Gasteiger partial charge is 0.363 e. The Morgan fingerprint density at radius 3 is 2.29 bits per heavy atom. The van der Waals surface area contributed by atoms with E-state index >= 15 is 0 Å². The molecule has 0 saturated carbocycles. The number of hydrogen-bond donors (Lipinski definition) is 0. The number of pyridine rings is 1. The number of ketones is 1. The number of hydroxylamine groups is 2. The Kier molecular flexibility index (Phi) is 5.23. The second-order valence-electron chi connectivity index (χ2n) is 7.52. The summed E-state index contributed by atoms with van der Waals surface area (Å²) in [6.45, 7) is 9.57. The third kappa shape index (κ3) is 4.09. The van der Waals surface area contributed by atoms with E-state index in [2.05, 4.69) is 32.7 Å². The summed E-state index contributed by atoms with van der Waals surface area (Å²) in [4.78, 5) is 34.4. The van der Waals surface area contributed by atoms with Crippen molar-refractivity contribution in [3.05, 3.63) is 35.7 Å². The van der Waals surface area contributed by atoms with Gasteiger partial charge in [-0.15, -0.1) is 5.06 Å². The lowest BCUT2D eigenvalue weighted by molar-refractivity contribution is -0.262. The van der Waals surface area contributed by atoms with E-state index in [1.807, 2.05) is 0 Å². The van der Waals surface area contributed by atoms with E-state index in [0.29, 0.717) is 5.69 Å². The molecule has 0 radical (unpaired) electrons. The first-order valence-electron chi connectivity index (χ1n) is 8.30. The van der Waals surface area contributed by atoms with Crippen molar-refractivity contribution in [3.8, 4) is 0 Å². The van der Waals surface area contributed by atoms with Gasteiger partial charge in [0.05, 0.1) is 16.8 Å². The summed E-state index contributed by atoms with van der Waals surface area (Å²) < 4.78 is 0. The lowest BCUT2D eigenvalue weighted by Gasteiger charge is -2.50. The summed E-state index contributed by atoms with van der Waals surface area (Å²) in [7, 11) is 0. The monoisotopic (exact) mass is 330 g/mol. The number of piperidine rings is 1. The molecule has 0 N–H and O–H groups in total. The molecule has 0 aliphatic carbocycles. The highest BCUT2D eigenvalue weighted by Gasteiger charge is 2.44. The van der Waals surface area contributed by atoms with Crippen LogP contribution in [0.2, 0.25) is 0 Å². The molecule has 0 unspecified atom stereocenters. The SMILES string of the molecule is CC(=O)/C(=C\c1ccccn1)C(=O)ON1C(C)(C)CCCC1(C)C. The normalized spacial score (nSPS) is 20.5. The van der Waals surface area contributed by atoms with Crippen molar-refractivity contribution in [1.82, 2.24) is 10.0 Å². The van der Waals surface area contributed by atoms with Gasteiger partial charge in [0.1, 0.15) is 5.57 Å². The second-order valence-corrected chi connectivity index (χ2v) is 7.52. The van der Waals surface area contributed by atoms with Crippen LogP contribution in [0.25, 0.3) is 6.08 Å². The molecule has 5 nitrogen and oxygen atoms in total. The number of carbonyl (C=O) groups is 2.